The number of hydrogen-bond acceptors (Lipinski definition) is 5. The second kappa shape index (κ2) is 9.33. The number of amides is 1. The van der Waals surface area contributed by atoms with E-state index in [2.05, 4.69) is 10.6 Å². The maximum Gasteiger partial charge on any atom is 0.251 e. The number of carbonyl (C=O) groups excluding carboxylic acids is 1. The smallest absolute Gasteiger partial charge is 0.251 e. The Kier molecular flexibility index (Phi) is 8.11. The summed E-state index contributed by atoms with van der Waals surface area (Å²) in [5.41, 5.74) is 0.439. The fourth-order valence-electron chi connectivity index (χ4n) is 2.16. The summed E-state index contributed by atoms with van der Waals surface area (Å²) < 4.78 is 31.5. The van der Waals surface area contributed by atoms with E-state index in [0.717, 1.165) is 0 Å². The first-order chi connectivity index (χ1) is 10.9. The van der Waals surface area contributed by atoms with Gasteiger partial charge >= 0.3 is 0 Å². The van der Waals surface area contributed by atoms with Crippen LogP contribution in [0.3, 0.4) is 0 Å². The van der Waals surface area contributed by atoms with Gasteiger partial charge in [-0.2, -0.15) is 4.31 Å². The van der Waals surface area contributed by atoms with Crippen molar-refractivity contribution in [2.45, 2.75) is 17.9 Å². The van der Waals surface area contributed by atoms with Crippen LogP contribution in [0, 0.1) is 0 Å². The van der Waals surface area contributed by atoms with Crippen LogP contribution in [-0.2, 0) is 14.8 Å². The van der Waals surface area contributed by atoms with Crippen molar-refractivity contribution in [2.75, 3.05) is 39.9 Å². The molecule has 1 fully saturated rings. The van der Waals surface area contributed by atoms with Crippen LogP contribution in [0.25, 0.3) is 0 Å². The molecule has 1 aromatic rings. The summed E-state index contributed by atoms with van der Waals surface area (Å²) in [6, 6.07) is 6.18. The molecule has 0 radical (unpaired) electrons. The topological polar surface area (TPSA) is 87.7 Å². The van der Waals surface area contributed by atoms with Crippen LogP contribution in [0.2, 0.25) is 0 Å². The first-order valence-corrected chi connectivity index (χ1v) is 9.02. The molecule has 136 valence electrons. The van der Waals surface area contributed by atoms with Gasteiger partial charge in [-0.1, -0.05) is 0 Å². The Morgan fingerprint density at radius 2 is 1.83 bits per heavy atom. The third-order valence-electron chi connectivity index (χ3n) is 3.79. The molecule has 0 spiro atoms. The Bertz CT molecular complexity index is 631. The van der Waals surface area contributed by atoms with Crippen LogP contribution in [0.15, 0.2) is 29.2 Å². The zero-order valence-corrected chi connectivity index (χ0v) is 15.5. The molecule has 1 saturated heterocycles. The molecule has 1 aromatic carbocycles. The molecule has 1 amide bonds. The van der Waals surface area contributed by atoms with Crippen molar-refractivity contribution < 1.29 is 17.9 Å². The predicted octanol–water partition coefficient (Wildman–Crippen LogP) is 0.467. The van der Waals surface area contributed by atoms with Crippen molar-refractivity contribution in [3.05, 3.63) is 29.8 Å². The van der Waals surface area contributed by atoms with Crippen LogP contribution in [-0.4, -0.2) is 64.6 Å². The van der Waals surface area contributed by atoms with Crippen molar-refractivity contribution in [1.29, 1.82) is 0 Å². The van der Waals surface area contributed by atoms with E-state index in [0.29, 0.717) is 38.4 Å². The van der Waals surface area contributed by atoms with Gasteiger partial charge < -0.3 is 15.4 Å². The number of ether oxygens (including phenoxy) is 1. The highest BCUT2D eigenvalue weighted by molar-refractivity contribution is 7.89. The Hall–Kier alpha value is -1.19. The van der Waals surface area contributed by atoms with Gasteiger partial charge in [-0.05, 0) is 38.2 Å². The van der Waals surface area contributed by atoms with Gasteiger partial charge in [-0.25, -0.2) is 8.42 Å². The first-order valence-electron chi connectivity index (χ1n) is 7.58. The molecule has 1 aliphatic heterocycles. The Morgan fingerprint density at radius 1 is 1.25 bits per heavy atom. The number of hydrogen-bond donors (Lipinski definition) is 2. The summed E-state index contributed by atoms with van der Waals surface area (Å²) in [7, 11) is -1.70. The number of morpholine rings is 1. The molecule has 0 aliphatic carbocycles. The monoisotopic (exact) mass is 377 g/mol. The average Bonchev–Trinajstić information content (AvgIpc) is 2.60. The molecule has 1 heterocycles. The van der Waals surface area contributed by atoms with Crippen LogP contribution in [0.5, 0.6) is 0 Å². The molecule has 0 aromatic heterocycles. The molecule has 1 atom stereocenters. The third-order valence-corrected chi connectivity index (χ3v) is 5.70. The molecule has 0 bridgehead atoms. The standard InChI is InChI=1S/C15H23N3O4S.ClH/c1-12(16-2)11-17-15(19)13-3-5-14(6-4-13)23(20,21)18-7-9-22-10-8-18;/h3-6,12,16H,7-11H2,1-2H3,(H,17,19);1H. The minimum Gasteiger partial charge on any atom is -0.379 e. The first kappa shape index (κ1) is 20.9. The molecule has 1 aliphatic rings. The molecule has 2 rings (SSSR count). The van der Waals surface area contributed by atoms with Crippen molar-refractivity contribution in [3.63, 3.8) is 0 Å². The lowest BCUT2D eigenvalue weighted by molar-refractivity contribution is 0.0730. The number of halogens is 1. The van der Waals surface area contributed by atoms with E-state index in [9.17, 15) is 13.2 Å². The van der Waals surface area contributed by atoms with Crippen molar-refractivity contribution in [2.24, 2.45) is 0 Å². The maximum atomic E-state index is 12.5. The molecule has 0 saturated carbocycles. The van der Waals surface area contributed by atoms with Gasteiger partial charge in [-0.15, -0.1) is 12.4 Å². The number of benzene rings is 1. The normalized spacial score (nSPS) is 16.9. The lowest BCUT2D eigenvalue weighted by atomic mass is 10.2. The van der Waals surface area contributed by atoms with Gasteiger partial charge in [-0.3, -0.25) is 4.79 Å². The van der Waals surface area contributed by atoms with E-state index < -0.39 is 10.0 Å². The van der Waals surface area contributed by atoms with Crippen molar-refractivity contribution in [1.82, 2.24) is 14.9 Å². The molecule has 9 heteroatoms. The molecular formula is C15H24ClN3O4S. The number of nitrogens with one attached hydrogen (secondary N) is 2. The van der Waals surface area contributed by atoms with Gasteiger partial charge in [0.05, 0.1) is 18.1 Å². The van der Waals surface area contributed by atoms with E-state index in [1.807, 2.05) is 14.0 Å². The summed E-state index contributed by atoms with van der Waals surface area (Å²) in [4.78, 5) is 12.2. The molecule has 1 unspecified atom stereocenters. The quantitative estimate of drug-likeness (QED) is 0.752. The van der Waals surface area contributed by atoms with E-state index in [1.165, 1.54) is 28.6 Å². The largest absolute Gasteiger partial charge is 0.379 e. The molecule has 7 nitrogen and oxygen atoms in total. The summed E-state index contributed by atoms with van der Waals surface area (Å²) in [6.07, 6.45) is 0. The van der Waals surface area contributed by atoms with Crippen molar-refractivity contribution in [3.8, 4) is 0 Å². The van der Waals surface area contributed by atoms with Gasteiger partial charge in [0.2, 0.25) is 10.0 Å². The zero-order valence-electron chi connectivity index (χ0n) is 13.8. The molecule has 24 heavy (non-hydrogen) atoms. The lowest BCUT2D eigenvalue weighted by Gasteiger charge is -2.26. The number of likely N-dealkylation sites (N-methyl/N-ethyl adjacent to an activating group) is 1. The average molecular weight is 378 g/mol. The zero-order chi connectivity index (χ0) is 16.9. The van der Waals surface area contributed by atoms with Gasteiger partial charge in [0.1, 0.15) is 0 Å². The second-order valence-corrected chi connectivity index (χ2v) is 7.38. The van der Waals surface area contributed by atoms with Crippen LogP contribution < -0.4 is 10.6 Å². The van der Waals surface area contributed by atoms with Crippen LogP contribution in [0.1, 0.15) is 17.3 Å². The fraction of sp³-hybridized carbons (Fsp3) is 0.533. The summed E-state index contributed by atoms with van der Waals surface area (Å²) in [5.74, 6) is -0.220. The van der Waals surface area contributed by atoms with Gasteiger partial charge in [0, 0.05) is 31.2 Å². The Labute approximate surface area is 149 Å². The Balaban J connectivity index is 0.00000288. The molecular weight excluding hydrogens is 354 g/mol. The van der Waals surface area contributed by atoms with E-state index >= 15 is 0 Å². The van der Waals surface area contributed by atoms with E-state index in [1.54, 1.807) is 0 Å². The maximum absolute atomic E-state index is 12.5. The SMILES string of the molecule is CNC(C)CNC(=O)c1ccc(S(=O)(=O)N2CCOCC2)cc1.Cl. The summed E-state index contributed by atoms with van der Waals surface area (Å²) >= 11 is 0. The second-order valence-electron chi connectivity index (χ2n) is 5.44. The summed E-state index contributed by atoms with van der Waals surface area (Å²) in [6.45, 7) is 3.98. The highest BCUT2D eigenvalue weighted by atomic mass is 35.5. The summed E-state index contributed by atoms with van der Waals surface area (Å²) in [5, 5.41) is 5.82. The number of carbonyl (C=O) groups is 1. The fourth-order valence-corrected chi connectivity index (χ4v) is 3.57. The van der Waals surface area contributed by atoms with E-state index in [-0.39, 0.29) is 29.3 Å². The lowest BCUT2D eigenvalue weighted by Crippen LogP contribution is -2.40. The highest BCUT2D eigenvalue weighted by Crippen LogP contribution is 2.17. The number of sulfonamides is 1. The highest BCUT2D eigenvalue weighted by Gasteiger charge is 2.26. The number of nitrogens with zero attached hydrogens (tertiary/aromatic N) is 1. The van der Waals surface area contributed by atoms with Crippen molar-refractivity contribution >= 4 is 28.3 Å². The predicted molar refractivity (Wildman–Crippen MR) is 94.1 cm³/mol. The van der Waals surface area contributed by atoms with Gasteiger partial charge in [0.15, 0.2) is 0 Å². The minimum absolute atomic E-state index is 0. The van der Waals surface area contributed by atoms with Crippen LogP contribution >= 0.6 is 12.4 Å². The minimum atomic E-state index is -3.52. The third kappa shape index (κ3) is 5.15. The Morgan fingerprint density at radius 3 is 2.38 bits per heavy atom. The van der Waals surface area contributed by atoms with E-state index in [4.69, 9.17) is 4.74 Å². The van der Waals surface area contributed by atoms with Gasteiger partial charge in [0.25, 0.3) is 5.91 Å². The molecule has 2 N–H and O–H groups in total. The number of rotatable bonds is 6. The van der Waals surface area contributed by atoms with Crippen LogP contribution in [0.4, 0.5) is 0 Å².